The lowest BCUT2D eigenvalue weighted by Gasteiger charge is -2.20. The Balaban J connectivity index is 1.69. The highest BCUT2D eigenvalue weighted by molar-refractivity contribution is 9.10. The number of hydrogen-bond acceptors (Lipinski definition) is 3. The summed E-state index contributed by atoms with van der Waals surface area (Å²) < 4.78 is 4.59. The fraction of sp³-hybridized carbons (Fsp3) is 0.207. The molecule has 0 radical (unpaired) electrons. The van der Waals surface area contributed by atoms with Crippen LogP contribution in [-0.4, -0.2) is 20.4 Å². The van der Waals surface area contributed by atoms with E-state index in [4.69, 9.17) is 10.1 Å². The Morgan fingerprint density at radius 2 is 1.69 bits per heavy atom. The Bertz CT molecular complexity index is 1640. The number of nitrogens with zero attached hydrogens (tertiary/aromatic N) is 4. The number of rotatable bonds is 4. The lowest BCUT2D eigenvalue weighted by molar-refractivity contribution is 0.506. The van der Waals surface area contributed by atoms with Crippen molar-refractivity contribution >= 4 is 44.0 Å². The summed E-state index contributed by atoms with van der Waals surface area (Å²) in [4.78, 5) is 18.4. The van der Waals surface area contributed by atoms with Crippen LogP contribution < -0.4 is 5.56 Å². The minimum Gasteiger partial charge on any atom is -0.340 e. The van der Waals surface area contributed by atoms with Crippen LogP contribution in [0.3, 0.4) is 0 Å². The first kappa shape index (κ1) is 23.2. The fourth-order valence-corrected chi connectivity index (χ4v) is 4.81. The summed E-state index contributed by atoms with van der Waals surface area (Å²) in [6, 6.07) is 24.3. The monoisotopic (exact) mass is 526 g/mol. The highest BCUT2D eigenvalue weighted by Crippen LogP contribution is 2.27. The van der Waals surface area contributed by atoms with Gasteiger partial charge in [0.25, 0.3) is 5.56 Å². The average Bonchev–Trinajstić information content (AvgIpc) is 3.09. The third-order valence-electron chi connectivity index (χ3n) is 6.24. The molecule has 0 aliphatic rings. The van der Waals surface area contributed by atoms with Crippen LogP contribution >= 0.6 is 15.9 Å². The molecule has 0 saturated heterocycles. The Hall–Kier alpha value is -3.51. The average molecular weight is 527 g/mol. The molecule has 0 amide bonds. The molecule has 5 aromatic rings. The van der Waals surface area contributed by atoms with Crippen molar-refractivity contribution < 1.29 is 0 Å². The molecule has 2 aromatic heterocycles. The van der Waals surface area contributed by atoms with Gasteiger partial charge in [-0.25, -0.2) is 4.98 Å². The molecule has 0 saturated carbocycles. The molecule has 35 heavy (non-hydrogen) atoms. The molecule has 0 bridgehead atoms. The summed E-state index contributed by atoms with van der Waals surface area (Å²) in [6.07, 6.45) is 1.81. The van der Waals surface area contributed by atoms with Gasteiger partial charge in [0.1, 0.15) is 5.82 Å². The minimum atomic E-state index is -0.367. The first-order chi connectivity index (χ1) is 16.7. The molecule has 5 nitrogen and oxygen atoms in total. The van der Waals surface area contributed by atoms with E-state index >= 15 is 0 Å². The lowest BCUT2D eigenvalue weighted by Crippen LogP contribution is -2.29. The molecule has 6 heteroatoms. The van der Waals surface area contributed by atoms with E-state index in [-0.39, 0.29) is 11.0 Å². The lowest BCUT2D eigenvalue weighted by atomic mass is 9.95. The van der Waals surface area contributed by atoms with Crippen LogP contribution in [0.5, 0.6) is 0 Å². The minimum absolute atomic E-state index is 0.178. The normalized spacial score (nSPS) is 12.3. The molecule has 0 spiro atoms. The van der Waals surface area contributed by atoms with Gasteiger partial charge >= 0.3 is 0 Å². The number of aromatic nitrogens is 3. The SMILES string of the molecule is Cc1c(C=Nn2c(C(C)(C)C)nc3ccc(Br)cc3c2=O)c2ccccc2n1Cc1ccccc1. The van der Waals surface area contributed by atoms with E-state index < -0.39 is 0 Å². The van der Waals surface area contributed by atoms with Gasteiger partial charge in [-0.2, -0.15) is 9.78 Å². The van der Waals surface area contributed by atoms with E-state index in [1.165, 1.54) is 10.2 Å². The number of hydrogen-bond donors (Lipinski definition) is 0. The summed E-state index contributed by atoms with van der Waals surface area (Å²) in [7, 11) is 0. The first-order valence-corrected chi connectivity index (χ1v) is 12.4. The third kappa shape index (κ3) is 4.34. The first-order valence-electron chi connectivity index (χ1n) is 11.6. The van der Waals surface area contributed by atoms with Crippen LogP contribution in [0, 0.1) is 6.92 Å². The topological polar surface area (TPSA) is 52.2 Å². The highest BCUT2D eigenvalue weighted by Gasteiger charge is 2.23. The largest absolute Gasteiger partial charge is 0.340 e. The molecular formula is C29H27BrN4O. The predicted octanol–water partition coefficient (Wildman–Crippen LogP) is 6.65. The van der Waals surface area contributed by atoms with Crippen LogP contribution in [0.1, 0.15) is 43.4 Å². The van der Waals surface area contributed by atoms with E-state index in [1.807, 2.05) is 45.0 Å². The molecule has 0 aliphatic heterocycles. The van der Waals surface area contributed by atoms with Gasteiger partial charge in [-0.3, -0.25) is 4.79 Å². The summed E-state index contributed by atoms with van der Waals surface area (Å²) in [5.74, 6) is 0.624. The maximum absolute atomic E-state index is 13.5. The van der Waals surface area contributed by atoms with Crippen molar-refractivity contribution in [3.05, 3.63) is 110 Å². The molecule has 0 unspecified atom stereocenters. The molecule has 0 N–H and O–H groups in total. The van der Waals surface area contributed by atoms with Gasteiger partial charge in [-0.1, -0.05) is 85.2 Å². The summed E-state index contributed by atoms with van der Waals surface area (Å²) in [5.41, 5.74) is 4.59. The zero-order chi connectivity index (χ0) is 24.7. The van der Waals surface area contributed by atoms with Gasteiger partial charge in [0.05, 0.1) is 17.1 Å². The van der Waals surface area contributed by atoms with Gasteiger partial charge in [0.15, 0.2) is 0 Å². The summed E-state index contributed by atoms with van der Waals surface area (Å²) in [6.45, 7) is 9.00. The highest BCUT2D eigenvalue weighted by atomic mass is 79.9. The van der Waals surface area contributed by atoms with Crippen LogP contribution in [-0.2, 0) is 12.0 Å². The van der Waals surface area contributed by atoms with E-state index in [2.05, 4.69) is 69.9 Å². The molecule has 176 valence electrons. The van der Waals surface area contributed by atoms with Crippen molar-refractivity contribution in [2.45, 2.75) is 39.7 Å². The van der Waals surface area contributed by atoms with Gasteiger partial charge in [0, 0.05) is 38.6 Å². The van der Waals surface area contributed by atoms with Crippen molar-refractivity contribution in [2.24, 2.45) is 5.10 Å². The second kappa shape index (κ2) is 8.93. The zero-order valence-electron chi connectivity index (χ0n) is 20.3. The number of para-hydroxylation sites is 1. The molecule has 2 heterocycles. The molecular weight excluding hydrogens is 500 g/mol. The van der Waals surface area contributed by atoms with E-state index in [0.29, 0.717) is 16.7 Å². The number of benzene rings is 3. The summed E-state index contributed by atoms with van der Waals surface area (Å²) in [5, 5.41) is 6.38. The van der Waals surface area contributed by atoms with E-state index in [9.17, 15) is 4.79 Å². The third-order valence-corrected chi connectivity index (χ3v) is 6.74. The Morgan fingerprint density at radius 1 is 0.971 bits per heavy atom. The van der Waals surface area contributed by atoms with Crippen LogP contribution in [0.15, 0.2) is 87.2 Å². The second-order valence-corrected chi connectivity index (χ2v) is 10.7. The Kier molecular flexibility index (Phi) is 5.93. The van der Waals surface area contributed by atoms with Crippen LogP contribution in [0.2, 0.25) is 0 Å². The van der Waals surface area contributed by atoms with Crippen molar-refractivity contribution in [2.75, 3.05) is 0 Å². The van der Waals surface area contributed by atoms with Crippen molar-refractivity contribution in [1.29, 1.82) is 0 Å². The van der Waals surface area contributed by atoms with Gasteiger partial charge < -0.3 is 4.57 Å². The second-order valence-electron chi connectivity index (χ2n) is 9.80. The Morgan fingerprint density at radius 3 is 2.43 bits per heavy atom. The van der Waals surface area contributed by atoms with Crippen molar-refractivity contribution in [1.82, 2.24) is 14.2 Å². The maximum Gasteiger partial charge on any atom is 0.282 e. The van der Waals surface area contributed by atoms with Crippen molar-refractivity contribution in [3.63, 3.8) is 0 Å². The molecule has 0 fully saturated rings. The van der Waals surface area contributed by atoms with E-state index in [0.717, 1.165) is 33.2 Å². The van der Waals surface area contributed by atoms with Gasteiger partial charge in [-0.15, -0.1) is 0 Å². The summed E-state index contributed by atoms with van der Waals surface area (Å²) >= 11 is 3.47. The van der Waals surface area contributed by atoms with E-state index in [1.54, 1.807) is 12.3 Å². The predicted molar refractivity (Wildman–Crippen MR) is 148 cm³/mol. The van der Waals surface area contributed by atoms with Gasteiger partial charge in [-0.05, 0) is 36.8 Å². The maximum atomic E-state index is 13.5. The molecule has 3 aromatic carbocycles. The molecule has 0 atom stereocenters. The van der Waals surface area contributed by atoms with Crippen LogP contribution in [0.4, 0.5) is 0 Å². The molecule has 5 rings (SSSR count). The number of halogens is 1. The van der Waals surface area contributed by atoms with Crippen LogP contribution in [0.25, 0.3) is 21.8 Å². The number of fused-ring (bicyclic) bond motifs is 2. The standard InChI is InChI=1S/C29H27BrN4O/c1-19-24(22-12-8-9-13-26(22)33(19)18-20-10-6-5-7-11-20)17-31-34-27(35)23-16-21(30)14-15-25(23)32-28(34)29(2,3)4/h5-17H,18H2,1-4H3. The zero-order valence-corrected chi connectivity index (χ0v) is 21.9. The van der Waals surface area contributed by atoms with Crippen molar-refractivity contribution in [3.8, 4) is 0 Å². The Labute approximate surface area is 212 Å². The smallest absolute Gasteiger partial charge is 0.282 e. The fourth-order valence-electron chi connectivity index (χ4n) is 4.45. The molecule has 0 aliphatic carbocycles. The quantitative estimate of drug-likeness (QED) is 0.246. The van der Waals surface area contributed by atoms with Gasteiger partial charge in [0.2, 0.25) is 0 Å².